The third-order valence-corrected chi connectivity index (χ3v) is 5.72. The summed E-state index contributed by atoms with van der Waals surface area (Å²) in [6, 6.07) is 11.1. The Morgan fingerprint density at radius 1 is 1.00 bits per heavy atom. The minimum Gasteiger partial charge on any atom is -0.440 e. The van der Waals surface area contributed by atoms with Gasteiger partial charge in [0.15, 0.2) is 5.76 Å². The highest BCUT2D eigenvalue weighted by molar-refractivity contribution is 6.05. The van der Waals surface area contributed by atoms with E-state index < -0.39 is 0 Å². The van der Waals surface area contributed by atoms with Gasteiger partial charge in [-0.05, 0) is 50.6 Å². The molecule has 29 heavy (non-hydrogen) atoms. The van der Waals surface area contributed by atoms with Crippen molar-refractivity contribution < 1.29 is 9.21 Å². The normalized spacial score (nSPS) is 17.8. The lowest BCUT2D eigenvalue weighted by molar-refractivity contribution is 0.0996. The highest BCUT2D eigenvalue weighted by Gasteiger charge is 2.25. The molecule has 3 heterocycles. The fourth-order valence-electron chi connectivity index (χ4n) is 4.09. The van der Waals surface area contributed by atoms with Crippen molar-refractivity contribution in [2.24, 2.45) is 0 Å². The standard InChI is InChI=1S/C22H27N5O2/c1-25-12-14-26(15-13-25)19-7-5-6-18(21(19)27-10-3-2-4-11-27)24-22(28)20-9-8-17(16-23)29-20/h5-9H,2-4,10-15H2,1H3,(H,24,28). The van der Waals surface area contributed by atoms with E-state index in [1.807, 2.05) is 18.2 Å². The van der Waals surface area contributed by atoms with E-state index in [1.165, 1.54) is 18.2 Å². The Balaban J connectivity index is 1.65. The summed E-state index contributed by atoms with van der Waals surface area (Å²) < 4.78 is 5.31. The predicted molar refractivity (Wildman–Crippen MR) is 114 cm³/mol. The van der Waals surface area contributed by atoms with Crippen LogP contribution in [0.5, 0.6) is 0 Å². The fourth-order valence-corrected chi connectivity index (χ4v) is 4.09. The molecule has 1 amide bonds. The van der Waals surface area contributed by atoms with Gasteiger partial charge in [-0.3, -0.25) is 4.79 Å². The van der Waals surface area contributed by atoms with Crippen LogP contribution in [-0.4, -0.2) is 57.1 Å². The van der Waals surface area contributed by atoms with Crippen LogP contribution in [0.15, 0.2) is 34.7 Å². The van der Waals surface area contributed by atoms with Gasteiger partial charge in [0.1, 0.15) is 6.07 Å². The van der Waals surface area contributed by atoms with Crippen molar-refractivity contribution in [3.8, 4) is 6.07 Å². The number of benzene rings is 1. The minimum atomic E-state index is -0.333. The molecule has 4 rings (SSSR count). The summed E-state index contributed by atoms with van der Waals surface area (Å²) in [7, 11) is 2.15. The van der Waals surface area contributed by atoms with Crippen molar-refractivity contribution in [3.05, 3.63) is 41.9 Å². The van der Waals surface area contributed by atoms with Crippen LogP contribution in [0.25, 0.3) is 0 Å². The molecule has 0 radical (unpaired) electrons. The van der Waals surface area contributed by atoms with Gasteiger partial charge >= 0.3 is 0 Å². The average Bonchev–Trinajstić information content (AvgIpc) is 3.24. The molecule has 0 spiro atoms. The van der Waals surface area contributed by atoms with Crippen LogP contribution in [0.4, 0.5) is 17.1 Å². The second-order valence-electron chi connectivity index (χ2n) is 7.74. The van der Waals surface area contributed by atoms with Gasteiger partial charge < -0.3 is 24.4 Å². The molecule has 1 N–H and O–H groups in total. The lowest BCUT2D eigenvalue weighted by Gasteiger charge is -2.39. The van der Waals surface area contributed by atoms with Gasteiger partial charge in [-0.2, -0.15) is 5.26 Å². The van der Waals surface area contributed by atoms with Crippen LogP contribution in [0.3, 0.4) is 0 Å². The maximum Gasteiger partial charge on any atom is 0.291 e. The summed E-state index contributed by atoms with van der Waals surface area (Å²) in [5.41, 5.74) is 3.07. The van der Waals surface area contributed by atoms with Crippen LogP contribution < -0.4 is 15.1 Å². The van der Waals surface area contributed by atoms with E-state index in [1.54, 1.807) is 6.07 Å². The van der Waals surface area contributed by atoms with Crippen molar-refractivity contribution in [2.45, 2.75) is 19.3 Å². The van der Waals surface area contributed by atoms with E-state index in [2.05, 4.69) is 33.1 Å². The summed E-state index contributed by atoms with van der Waals surface area (Å²) in [4.78, 5) is 19.9. The SMILES string of the molecule is CN1CCN(c2cccc(NC(=O)c3ccc(C#N)o3)c2N2CCCCC2)CC1. The van der Waals surface area contributed by atoms with Crippen molar-refractivity contribution in [1.82, 2.24) is 4.90 Å². The summed E-state index contributed by atoms with van der Waals surface area (Å²) >= 11 is 0. The number of para-hydroxylation sites is 1. The molecule has 0 unspecified atom stereocenters. The van der Waals surface area contributed by atoms with Gasteiger partial charge in [-0.1, -0.05) is 6.07 Å². The maximum atomic E-state index is 12.8. The van der Waals surface area contributed by atoms with Gasteiger partial charge in [0, 0.05) is 39.3 Å². The molecule has 0 aliphatic carbocycles. The Bertz CT molecular complexity index is 902. The lowest BCUT2D eigenvalue weighted by Crippen LogP contribution is -2.45. The van der Waals surface area contributed by atoms with Crippen LogP contribution in [0.2, 0.25) is 0 Å². The highest BCUT2D eigenvalue weighted by Crippen LogP contribution is 2.39. The number of carbonyl (C=O) groups excluding carboxylic acids is 1. The molecule has 1 aromatic heterocycles. The molecule has 0 saturated carbocycles. The zero-order valence-corrected chi connectivity index (χ0v) is 16.9. The first-order valence-corrected chi connectivity index (χ1v) is 10.3. The van der Waals surface area contributed by atoms with Crippen molar-refractivity contribution in [2.75, 3.05) is 61.4 Å². The van der Waals surface area contributed by atoms with E-state index >= 15 is 0 Å². The number of nitrogens with one attached hydrogen (secondary N) is 1. The number of anilines is 3. The Labute approximate surface area is 171 Å². The fraction of sp³-hybridized carbons (Fsp3) is 0.455. The van der Waals surface area contributed by atoms with Crippen molar-refractivity contribution >= 4 is 23.0 Å². The maximum absolute atomic E-state index is 12.8. The monoisotopic (exact) mass is 393 g/mol. The molecule has 2 aromatic rings. The zero-order chi connectivity index (χ0) is 20.2. The van der Waals surface area contributed by atoms with E-state index in [0.717, 1.165) is 63.5 Å². The first-order valence-electron chi connectivity index (χ1n) is 10.3. The molecule has 2 saturated heterocycles. The Morgan fingerprint density at radius 3 is 2.45 bits per heavy atom. The topological polar surface area (TPSA) is 75.7 Å². The number of nitrogens with zero attached hydrogens (tertiary/aromatic N) is 4. The number of amides is 1. The van der Waals surface area contributed by atoms with Crippen LogP contribution in [0.1, 0.15) is 35.6 Å². The average molecular weight is 393 g/mol. The number of furan rings is 1. The van der Waals surface area contributed by atoms with Crippen LogP contribution in [-0.2, 0) is 0 Å². The van der Waals surface area contributed by atoms with Gasteiger partial charge in [0.25, 0.3) is 5.91 Å². The molecule has 2 aliphatic rings. The summed E-state index contributed by atoms with van der Waals surface area (Å²) in [6.45, 7) is 5.98. The second kappa shape index (κ2) is 8.58. The zero-order valence-electron chi connectivity index (χ0n) is 16.9. The minimum absolute atomic E-state index is 0.137. The number of carbonyl (C=O) groups is 1. The molecule has 2 fully saturated rings. The predicted octanol–water partition coefficient (Wildman–Crippen LogP) is 3.15. The van der Waals surface area contributed by atoms with Gasteiger partial charge in [0.05, 0.1) is 17.1 Å². The number of piperazine rings is 1. The van der Waals surface area contributed by atoms with Crippen molar-refractivity contribution in [1.29, 1.82) is 5.26 Å². The number of nitriles is 1. The van der Waals surface area contributed by atoms with E-state index in [9.17, 15) is 4.79 Å². The van der Waals surface area contributed by atoms with E-state index in [-0.39, 0.29) is 17.4 Å². The van der Waals surface area contributed by atoms with Gasteiger partial charge in [0.2, 0.25) is 5.76 Å². The largest absolute Gasteiger partial charge is 0.440 e. The van der Waals surface area contributed by atoms with Gasteiger partial charge in [-0.15, -0.1) is 0 Å². The van der Waals surface area contributed by atoms with Crippen LogP contribution in [0, 0.1) is 11.3 Å². The van der Waals surface area contributed by atoms with Crippen molar-refractivity contribution in [3.63, 3.8) is 0 Å². The molecule has 0 bridgehead atoms. The van der Waals surface area contributed by atoms with E-state index in [4.69, 9.17) is 9.68 Å². The smallest absolute Gasteiger partial charge is 0.291 e. The van der Waals surface area contributed by atoms with Gasteiger partial charge in [-0.25, -0.2) is 0 Å². The summed E-state index contributed by atoms with van der Waals surface area (Å²) in [6.07, 6.45) is 3.57. The Kier molecular flexibility index (Phi) is 5.72. The molecular formula is C22H27N5O2. The van der Waals surface area contributed by atoms with E-state index in [0.29, 0.717) is 0 Å². The lowest BCUT2D eigenvalue weighted by atomic mass is 10.1. The first kappa shape index (κ1) is 19.3. The number of hydrogen-bond acceptors (Lipinski definition) is 6. The number of piperidine rings is 1. The number of rotatable bonds is 4. The summed E-state index contributed by atoms with van der Waals surface area (Å²) in [5.74, 6) is -0.0472. The number of likely N-dealkylation sites (N-methyl/N-ethyl adjacent to an activating group) is 1. The molecule has 152 valence electrons. The quantitative estimate of drug-likeness (QED) is 0.860. The Hall–Kier alpha value is -2.98. The number of hydrogen-bond donors (Lipinski definition) is 1. The molecule has 2 aliphatic heterocycles. The third-order valence-electron chi connectivity index (χ3n) is 5.72. The second-order valence-corrected chi connectivity index (χ2v) is 7.74. The van der Waals surface area contributed by atoms with Crippen LogP contribution >= 0.6 is 0 Å². The molecule has 1 aromatic carbocycles. The molecule has 0 atom stereocenters. The molecule has 7 heteroatoms. The Morgan fingerprint density at radius 2 is 1.76 bits per heavy atom. The highest BCUT2D eigenvalue weighted by atomic mass is 16.3. The summed E-state index contributed by atoms with van der Waals surface area (Å²) in [5, 5.41) is 12.0. The first-order chi connectivity index (χ1) is 14.2. The molecule has 7 nitrogen and oxygen atoms in total. The third kappa shape index (κ3) is 4.22. The molecular weight excluding hydrogens is 366 g/mol.